The Balaban J connectivity index is 2.46. The van der Waals surface area contributed by atoms with Crippen LogP contribution in [0.3, 0.4) is 0 Å². The molecule has 8 heteroatoms. The van der Waals surface area contributed by atoms with Gasteiger partial charge in [-0.1, -0.05) is 29.3 Å². The first-order valence-corrected chi connectivity index (χ1v) is 7.33. The van der Waals surface area contributed by atoms with Crippen molar-refractivity contribution in [3.8, 4) is 0 Å². The smallest absolute Gasteiger partial charge is 0.281 e. The number of halogens is 2. The van der Waals surface area contributed by atoms with Crippen molar-refractivity contribution >= 4 is 44.6 Å². The standard InChI is InChI=1S/C11H9Cl2N3O2S/c12-7-3-1-4-8(13)10(7)16-19(17,18)11-9(14)5-2-6-15-11/h1-6,16H,14H2. The van der Waals surface area contributed by atoms with Gasteiger partial charge in [-0.3, -0.25) is 4.72 Å². The largest absolute Gasteiger partial charge is 0.396 e. The molecular weight excluding hydrogens is 309 g/mol. The highest BCUT2D eigenvalue weighted by Crippen LogP contribution is 2.32. The maximum Gasteiger partial charge on any atom is 0.281 e. The van der Waals surface area contributed by atoms with Crippen molar-refractivity contribution in [2.45, 2.75) is 5.03 Å². The first-order valence-electron chi connectivity index (χ1n) is 5.09. The van der Waals surface area contributed by atoms with Crippen LogP contribution in [0.4, 0.5) is 11.4 Å². The Labute approximate surface area is 120 Å². The third-order valence-corrected chi connectivity index (χ3v) is 4.21. The average molecular weight is 318 g/mol. The lowest BCUT2D eigenvalue weighted by Gasteiger charge is -2.11. The van der Waals surface area contributed by atoms with Crippen LogP contribution < -0.4 is 10.5 Å². The number of rotatable bonds is 3. The van der Waals surface area contributed by atoms with E-state index in [1.165, 1.54) is 30.5 Å². The van der Waals surface area contributed by atoms with Crippen molar-refractivity contribution in [1.82, 2.24) is 4.98 Å². The molecule has 0 aliphatic carbocycles. The van der Waals surface area contributed by atoms with Gasteiger partial charge in [0.15, 0.2) is 5.03 Å². The van der Waals surface area contributed by atoms with Crippen LogP contribution in [0.25, 0.3) is 0 Å². The average Bonchev–Trinajstić information content (AvgIpc) is 2.34. The molecule has 100 valence electrons. The summed E-state index contributed by atoms with van der Waals surface area (Å²) in [7, 11) is -3.94. The van der Waals surface area contributed by atoms with Gasteiger partial charge in [0.1, 0.15) is 0 Å². The van der Waals surface area contributed by atoms with Gasteiger partial charge in [-0.2, -0.15) is 8.42 Å². The Hall–Kier alpha value is -1.50. The van der Waals surface area contributed by atoms with Crippen LogP contribution in [0.1, 0.15) is 0 Å². The van der Waals surface area contributed by atoms with E-state index < -0.39 is 10.0 Å². The van der Waals surface area contributed by atoms with Crippen LogP contribution in [0, 0.1) is 0 Å². The van der Waals surface area contributed by atoms with Crippen LogP contribution in [0.15, 0.2) is 41.6 Å². The van der Waals surface area contributed by atoms with Crippen LogP contribution in [0.5, 0.6) is 0 Å². The number of hydrogen-bond donors (Lipinski definition) is 2. The van der Waals surface area contributed by atoms with Gasteiger partial charge in [-0.25, -0.2) is 4.98 Å². The highest BCUT2D eigenvalue weighted by Gasteiger charge is 2.21. The molecule has 2 rings (SSSR count). The molecular formula is C11H9Cl2N3O2S. The number of nitrogens with zero attached hydrogens (tertiary/aromatic N) is 1. The van der Waals surface area contributed by atoms with Crippen LogP contribution in [-0.4, -0.2) is 13.4 Å². The lowest BCUT2D eigenvalue weighted by atomic mass is 10.3. The second kappa shape index (κ2) is 5.24. The SMILES string of the molecule is Nc1cccnc1S(=O)(=O)Nc1c(Cl)cccc1Cl. The number of pyridine rings is 1. The molecule has 0 saturated heterocycles. The van der Waals surface area contributed by atoms with E-state index in [9.17, 15) is 8.42 Å². The Bertz CT molecular complexity index is 699. The van der Waals surface area contributed by atoms with Crippen molar-refractivity contribution in [2.24, 2.45) is 0 Å². The topological polar surface area (TPSA) is 85.1 Å². The summed E-state index contributed by atoms with van der Waals surface area (Å²) in [5.41, 5.74) is 5.72. The fourth-order valence-corrected chi connectivity index (χ4v) is 3.17. The van der Waals surface area contributed by atoms with Gasteiger partial charge in [0.2, 0.25) is 0 Å². The van der Waals surface area contributed by atoms with Gasteiger partial charge < -0.3 is 5.73 Å². The van der Waals surface area contributed by atoms with Crippen molar-refractivity contribution in [3.05, 3.63) is 46.6 Å². The second-order valence-corrected chi connectivity index (χ2v) is 6.01. The minimum absolute atomic E-state index is 0.0400. The van der Waals surface area contributed by atoms with Gasteiger partial charge in [0.05, 0.1) is 21.4 Å². The molecule has 0 spiro atoms. The molecule has 1 aromatic heterocycles. The molecule has 0 fully saturated rings. The summed E-state index contributed by atoms with van der Waals surface area (Å²) in [6, 6.07) is 7.63. The molecule has 0 bridgehead atoms. The van der Waals surface area contributed by atoms with E-state index in [2.05, 4.69) is 9.71 Å². The normalized spacial score (nSPS) is 11.3. The molecule has 3 N–H and O–H groups in total. The Morgan fingerprint density at radius 2 is 1.74 bits per heavy atom. The zero-order chi connectivity index (χ0) is 14.0. The number of nitrogen functional groups attached to an aromatic ring is 1. The number of nitrogens with two attached hydrogens (primary N) is 1. The lowest BCUT2D eigenvalue weighted by Crippen LogP contribution is -2.16. The number of hydrogen-bond acceptors (Lipinski definition) is 4. The number of benzene rings is 1. The van der Waals surface area contributed by atoms with Crippen LogP contribution in [-0.2, 0) is 10.0 Å². The van der Waals surface area contributed by atoms with Gasteiger partial charge in [0, 0.05) is 6.20 Å². The molecule has 0 aliphatic heterocycles. The summed E-state index contributed by atoms with van der Waals surface area (Å²) < 4.78 is 26.6. The van der Waals surface area contributed by atoms with Crippen molar-refractivity contribution < 1.29 is 8.42 Å². The van der Waals surface area contributed by atoms with Crippen molar-refractivity contribution in [3.63, 3.8) is 0 Å². The Kier molecular flexibility index (Phi) is 3.84. The number of sulfonamides is 1. The van der Waals surface area contributed by atoms with Crippen molar-refractivity contribution in [2.75, 3.05) is 10.5 Å². The third-order valence-electron chi connectivity index (χ3n) is 2.25. The molecule has 5 nitrogen and oxygen atoms in total. The maximum absolute atomic E-state index is 12.2. The van der Waals surface area contributed by atoms with E-state index in [4.69, 9.17) is 28.9 Å². The zero-order valence-electron chi connectivity index (χ0n) is 9.47. The molecule has 0 atom stereocenters. The van der Waals surface area contributed by atoms with E-state index in [-0.39, 0.29) is 26.4 Å². The van der Waals surface area contributed by atoms with Gasteiger partial charge in [-0.15, -0.1) is 0 Å². The summed E-state index contributed by atoms with van der Waals surface area (Å²) in [5, 5.41) is 0.0992. The summed E-state index contributed by atoms with van der Waals surface area (Å²) in [5.74, 6) is 0. The van der Waals surface area contributed by atoms with Gasteiger partial charge in [-0.05, 0) is 24.3 Å². The quantitative estimate of drug-likeness (QED) is 0.911. The zero-order valence-corrected chi connectivity index (χ0v) is 11.8. The first kappa shape index (κ1) is 13.9. The molecule has 0 amide bonds. The minimum Gasteiger partial charge on any atom is -0.396 e. The molecule has 0 saturated carbocycles. The van der Waals surface area contributed by atoms with Crippen molar-refractivity contribution in [1.29, 1.82) is 0 Å². The van der Waals surface area contributed by atoms with E-state index in [0.717, 1.165) is 0 Å². The monoisotopic (exact) mass is 317 g/mol. The molecule has 0 aliphatic rings. The molecule has 19 heavy (non-hydrogen) atoms. The highest BCUT2D eigenvalue weighted by atomic mass is 35.5. The van der Waals surface area contributed by atoms with E-state index in [0.29, 0.717) is 0 Å². The number of aromatic nitrogens is 1. The fraction of sp³-hybridized carbons (Fsp3) is 0. The Morgan fingerprint density at radius 3 is 2.32 bits per heavy atom. The predicted molar refractivity (Wildman–Crippen MR) is 75.9 cm³/mol. The predicted octanol–water partition coefficient (Wildman–Crippen LogP) is 2.77. The molecule has 2 aromatic rings. The van der Waals surface area contributed by atoms with E-state index in [1.54, 1.807) is 6.07 Å². The van der Waals surface area contributed by atoms with Crippen LogP contribution >= 0.6 is 23.2 Å². The number of nitrogens with one attached hydrogen (secondary N) is 1. The lowest BCUT2D eigenvalue weighted by molar-refractivity contribution is 0.598. The molecule has 0 radical (unpaired) electrons. The van der Waals surface area contributed by atoms with Crippen LogP contribution in [0.2, 0.25) is 10.0 Å². The molecule has 1 heterocycles. The molecule has 1 aromatic carbocycles. The summed E-state index contributed by atoms with van der Waals surface area (Å²) in [6.07, 6.45) is 1.33. The minimum atomic E-state index is -3.94. The fourth-order valence-electron chi connectivity index (χ4n) is 1.41. The van der Waals surface area contributed by atoms with Gasteiger partial charge >= 0.3 is 0 Å². The van der Waals surface area contributed by atoms with Gasteiger partial charge in [0.25, 0.3) is 10.0 Å². The second-order valence-electron chi connectivity index (χ2n) is 3.60. The van der Waals surface area contributed by atoms with E-state index >= 15 is 0 Å². The highest BCUT2D eigenvalue weighted by molar-refractivity contribution is 7.92. The summed E-state index contributed by atoms with van der Waals surface area (Å²) >= 11 is 11.8. The summed E-state index contributed by atoms with van der Waals surface area (Å²) in [6.45, 7) is 0. The van der Waals surface area contributed by atoms with E-state index in [1.807, 2.05) is 0 Å². The first-order chi connectivity index (χ1) is 8.92. The number of anilines is 2. The number of para-hydroxylation sites is 1. The maximum atomic E-state index is 12.2. The molecule has 0 unspecified atom stereocenters. The summed E-state index contributed by atoms with van der Waals surface area (Å²) in [4.78, 5) is 3.74. The third kappa shape index (κ3) is 2.91. The Morgan fingerprint density at radius 1 is 1.11 bits per heavy atom.